The van der Waals surface area contributed by atoms with Crippen molar-refractivity contribution >= 4 is 51.5 Å². The number of Topliss-reactive ketones (excluding diaryl/α,β-unsaturated/α-hetero) is 2. The number of nitrogens with one attached hydrogen (secondary N) is 2. The fourth-order valence-electron chi connectivity index (χ4n) is 7.22. The predicted octanol–water partition coefficient (Wildman–Crippen LogP) is 4.62. The number of methoxy groups -OCH3 is 3. The number of ketones is 2. The number of fused-ring (bicyclic) bond motifs is 8. The van der Waals surface area contributed by atoms with Gasteiger partial charge in [0.1, 0.15) is 11.2 Å². The average molecular weight is 703 g/mol. The van der Waals surface area contributed by atoms with E-state index in [0.717, 1.165) is 21.3 Å². The lowest BCUT2D eigenvalue weighted by Gasteiger charge is -2.35. The van der Waals surface area contributed by atoms with E-state index in [1.54, 1.807) is 19.9 Å². The van der Waals surface area contributed by atoms with Crippen LogP contribution >= 0.6 is 0 Å². The maximum Gasteiger partial charge on any atom is 0.379 e. The lowest BCUT2D eigenvalue weighted by molar-refractivity contribution is -0.160. The molecule has 0 radical (unpaired) electrons. The molecule has 51 heavy (non-hydrogen) atoms. The molecule has 3 aromatic heterocycles. The summed E-state index contributed by atoms with van der Waals surface area (Å²) in [6, 6.07) is 4.98. The second-order valence-corrected chi connectivity index (χ2v) is 13.2. The van der Waals surface area contributed by atoms with Gasteiger partial charge in [0.2, 0.25) is 0 Å². The Hall–Kier alpha value is -5.21. The molecule has 2 aliphatic heterocycles. The first-order chi connectivity index (χ1) is 24.0. The molecule has 0 saturated carbocycles. The summed E-state index contributed by atoms with van der Waals surface area (Å²) in [5.74, 6) is -4.64. The van der Waals surface area contributed by atoms with E-state index in [0.29, 0.717) is 51.0 Å². The normalized spacial score (nSPS) is 21.2. The third-order valence-electron chi connectivity index (χ3n) is 10.3. The second kappa shape index (κ2) is 13.5. The van der Waals surface area contributed by atoms with E-state index >= 15 is 0 Å². The maximum absolute atomic E-state index is 14.1. The zero-order chi connectivity index (χ0) is 37.7. The van der Waals surface area contributed by atoms with Crippen molar-refractivity contribution in [1.29, 1.82) is 0 Å². The highest BCUT2D eigenvalue weighted by molar-refractivity contribution is 6.43. The Bertz CT molecular complexity index is 2160. The molecule has 0 amide bonds. The van der Waals surface area contributed by atoms with Gasteiger partial charge in [-0.3, -0.25) is 24.4 Å². The zero-order valence-corrected chi connectivity index (χ0v) is 30.1. The fourth-order valence-corrected chi connectivity index (χ4v) is 7.22. The Labute approximate surface area is 293 Å². The van der Waals surface area contributed by atoms with E-state index in [9.17, 15) is 34.2 Å². The minimum atomic E-state index is -2.53. The molecule has 0 spiro atoms. The molecule has 4 atom stereocenters. The Kier molecular flexibility index (Phi) is 9.80. The van der Waals surface area contributed by atoms with Gasteiger partial charge in [-0.25, -0.2) is 9.59 Å². The number of hydrogen-bond acceptors (Lipinski definition) is 12. The van der Waals surface area contributed by atoms with Crippen LogP contribution in [0.15, 0.2) is 18.2 Å². The van der Waals surface area contributed by atoms with Crippen molar-refractivity contribution in [3.8, 4) is 0 Å². The molecule has 0 aliphatic carbocycles. The number of esters is 3. The number of aliphatic hydroxyl groups is 2. The van der Waals surface area contributed by atoms with Gasteiger partial charge in [0.25, 0.3) is 5.78 Å². The molecular formula is C37H42N4O10. The Morgan fingerprint density at radius 2 is 1.47 bits per heavy atom. The molecule has 3 aromatic rings. The number of rotatable bonds is 8. The second-order valence-electron chi connectivity index (χ2n) is 13.2. The van der Waals surface area contributed by atoms with Gasteiger partial charge in [-0.05, 0) is 69.9 Å². The van der Waals surface area contributed by atoms with Gasteiger partial charge in [-0.1, -0.05) is 13.8 Å². The summed E-state index contributed by atoms with van der Waals surface area (Å²) in [4.78, 5) is 82.0. The predicted molar refractivity (Wildman–Crippen MR) is 184 cm³/mol. The first-order valence-electron chi connectivity index (χ1n) is 16.5. The molecular weight excluding hydrogens is 660 g/mol. The molecule has 2 aliphatic rings. The summed E-state index contributed by atoms with van der Waals surface area (Å²) in [6.45, 7) is 10.1. The van der Waals surface area contributed by atoms with Crippen molar-refractivity contribution in [3.05, 3.63) is 68.8 Å². The zero-order valence-electron chi connectivity index (χ0n) is 30.1. The lowest BCUT2D eigenvalue weighted by Crippen LogP contribution is -2.45. The topological polar surface area (TPSA) is 211 Å². The van der Waals surface area contributed by atoms with Crippen molar-refractivity contribution in [2.75, 3.05) is 21.3 Å². The molecule has 5 rings (SSSR count). The summed E-state index contributed by atoms with van der Waals surface area (Å²) in [5.41, 5.74) is -2.74. The molecule has 0 saturated heterocycles. The first-order valence-corrected chi connectivity index (χ1v) is 16.5. The van der Waals surface area contributed by atoms with E-state index in [-0.39, 0.29) is 34.4 Å². The van der Waals surface area contributed by atoms with Crippen LogP contribution in [-0.4, -0.2) is 81.0 Å². The smallest absolute Gasteiger partial charge is 0.379 e. The third kappa shape index (κ3) is 5.91. The summed E-state index contributed by atoms with van der Waals surface area (Å²) < 4.78 is 14.7. The van der Waals surface area contributed by atoms with Crippen LogP contribution in [0, 0.1) is 13.8 Å². The minimum Gasteiger partial charge on any atom is -0.469 e. The highest BCUT2D eigenvalue weighted by Crippen LogP contribution is 2.49. The van der Waals surface area contributed by atoms with Gasteiger partial charge in [0, 0.05) is 46.2 Å². The van der Waals surface area contributed by atoms with Crippen molar-refractivity contribution in [1.82, 2.24) is 19.9 Å². The number of carbonyl (C=O) groups is 5. The van der Waals surface area contributed by atoms with Crippen molar-refractivity contribution in [2.45, 2.75) is 83.8 Å². The van der Waals surface area contributed by atoms with Crippen molar-refractivity contribution in [3.63, 3.8) is 0 Å². The van der Waals surface area contributed by atoms with Gasteiger partial charge in [-0.2, -0.15) is 0 Å². The largest absolute Gasteiger partial charge is 0.469 e. The van der Waals surface area contributed by atoms with E-state index in [1.807, 2.05) is 19.9 Å². The number of ether oxygens (including phenoxy) is 3. The molecule has 0 aromatic carbocycles. The SMILES string of the molecule is CC[C@H]1c2cc3[nH]c(c(C(=O)C(=O)OC)c4nc(cc5[nH]c(cc(n2)[C@@H]1C)c(C(C)=O)c5C)C(C)(O)C4(O)CCC(=O)OC)c(C(=O)OC)c3C. The molecule has 0 fully saturated rings. The summed E-state index contributed by atoms with van der Waals surface area (Å²) in [6.07, 6.45) is -0.270. The molecule has 270 valence electrons. The van der Waals surface area contributed by atoms with E-state index in [1.165, 1.54) is 19.9 Å². The summed E-state index contributed by atoms with van der Waals surface area (Å²) in [5, 5.41) is 24.8. The fraction of sp³-hybridized carbons (Fsp3) is 0.432. The quantitative estimate of drug-likeness (QED) is 0.110. The van der Waals surface area contributed by atoms with E-state index in [4.69, 9.17) is 19.2 Å². The third-order valence-corrected chi connectivity index (χ3v) is 10.3. The van der Waals surface area contributed by atoms with Crippen LogP contribution < -0.4 is 0 Å². The molecule has 4 N–H and O–H groups in total. The lowest BCUT2D eigenvalue weighted by atomic mass is 9.77. The summed E-state index contributed by atoms with van der Waals surface area (Å²) in [7, 11) is 3.30. The van der Waals surface area contributed by atoms with Gasteiger partial charge >= 0.3 is 17.9 Å². The van der Waals surface area contributed by atoms with Crippen LogP contribution in [0.25, 0.3) is 22.1 Å². The number of carbonyl (C=O) groups excluding carboxylic acids is 5. The monoisotopic (exact) mass is 702 g/mol. The molecule has 5 heterocycles. The van der Waals surface area contributed by atoms with E-state index < -0.39 is 59.0 Å². The van der Waals surface area contributed by atoms with Crippen LogP contribution in [0.5, 0.6) is 0 Å². The number of aromatic nitrogens is 4. The van der Waals surface area contributed by atoms with Crippen molar-refractivity contribution < 1.29 is 48.4 Å². The Morgan fingerprint density at radius 3 is 2.06 bits per heavy atom. The Balaban J connectivity index is 2.13. The summed E-state index contributed by atoms with van der Waals surface area (Å²) >= 11 is 0. The number of nitrogens with zero attached hydrogens (tertiary/aromatic N) is 2. The van der Waals surface area contributed by atoms with Gasteiger partial charge in [0.05, 0.1) is 54.9 Å². The maximum atomic E-state index is 14.1. The average Bonchev–Trinajstić information content (AvgIpc) is 3.74. The Morgan fingerprint density at radius 1 is 0.843 bits per heavy atom. The number of aryl methyl sites for hydroxylation is 2. The molecule has 14 nitrogen and oxygen atoms in total. The molecule has 8 bridgehead atoms. The van der Waals surface area contributed by atoms with Gasteiger partial charge < -0.3 is 34.4 Å². The number of aromatic amines is 2. The van der Waals surface area contributed by atoms with Crippen LogP contribution in [-0.2, 0) is 35.0 Å². The number of hydrogen-bond donors (Lipinski definition) is 4. The number of H-pyrrole nitrogens is 2. The highest BCUT2D eigenvalue weighted by atomic mass is 16.5. The molecule has 2 unspecified atom stereocenters. The van der Waals surface area contributed by atoms with Gasteiger partial charge in [0.15, 0.2) is 5.78 Å². The van der Waals surface area contributed by atoms with Crippen molar-refractivity contribution in [2.24, 2.45) is 0 Å². The van der Waals surface area contributed by atoms with Crippen LogP contribution in [0.2, 0.25) is 0 Å². The van der Waals surface area contributed by atoms with Gasteiger partial charge in [-0.15, -0.1) is 0 Å². The first kappa shape index (κ1) is 37.1. The highest BCUT2D eigenvalue weighted by Gasteiger charge is 2.56. The van der Waals surface area contributed by atoms with Crippen LogP contribution in [0.3, 0.4) is 0 Å². The van der Waals surface area contributed by atoms with E-state index in [2.05, 4.69) is 15.0 Å². The minimum absolute atomic E-state index is 0.0721. The molecule has 14 heteroatoms. The standard InChI is InChI=1S/C37H42N4O10/c1-10-20-16(2)21-14-25-28(19(5)42)17(3)23(39-25)15-26-36(6,47)37(48,12-11-27(43)49-7)33(41-26)30(32(44)35(46)51-9)31-29(34(45)50-8)18(4)22(40-31)13-24(20)38-21/h13-16,20,39-40,47-48H,10-12H2,1-9H3/t16-,20-,36?,37?/m1/s1. The van der Waals surface area contributed by atoms with Crippen LogP contribution in [0.4, 0.5) is 0 Å². The van der Waals surface area contributed by atoms with Crippen LogP contribution in [0.1, 0.15) is 124 Å².